The number of carbonyl (C=O) groups excluding carboxylic acids is 2. The van der Waals surface area contributed by atoms with Crippen LogP contribution in [0, 0.1) is 0 Å². The Morgan fingerprint density at radius 2 is 1.47 bits per heavy atom. The SMILES string of the molecule is O=C(N[C@@H]1CN(C(=O)O)CCC[C@H]1OC(=O)c1ccc(OCc2ccccc2)cc1OCc1ccccc1)c1ccc(O)cc1. The van der Waals surface area contributed by atoms with Gasteiger partial charge in [0.1, 0.15) is 42.1 Å². The van der Waals surface area contributed by atoms with Gasteiger partial charge < -0.3 is 34.6 Å². The van der Waals surface area contributed by atoms with Crippen LogP contribution in [-0.2, 0) is 18.0 Å². The molecule has 5 rings (SSSR count). The lowest BCUT2D eigenvalue weighted by atomic mass is 10.1. The molecule has 45 heavy (non-hydrogen) atoms. The number of nitrogens with zero attached hydrogens (tertiary/aromatic N) is 1. The van der Waals surface area contributed by atoms with Crippen LogP contribution in [0.15, 0.2) is 103 Å². The van der Waals surface area contributed by atoms with E-state index in [-0.39, 0.29) is 42.3 Å². The number of carboxylic acid groups (broad SMARTS) is 1. The summed E-state index contributed by atoms with van der Waals surface area (Å²) in [6.45, 7) is 0.688. The van der Waals surface area contributed by atoms with E-state index >= 15 is 0 Å². The average Bonchev–Trinajstić information content (AvgIpc) is 3.26. The van der Waals surface area contributed by atoms with Gasteiger partial charge in [0.2, 0.25) is 0 Å². The number of hydrogen-bond acceptors (Lipinski definition) is 7. The molecule has 232 valence electrons. The molecule has 3 N–H and O–H groups in total. The second kappa shape index (κ2) is 14.8. The highest BCUT2D eigenvalue weighted by atomic mass is 16.5. The molecular weight excluding hydrogens is 576 g/mol. The highest BCUT2D eigenvalue weighted by Crippen LogP contribution is 2.29. The maximum Gasteiger partial charge on any atom is 0.407 e. The lowest BCUT2D eigenvalue weighted by molar-refractivity contribution is 0.0175. The molecule has 1 heterocycles. The van der Waals surface area contributed by atoms with Gasteiger partial charge in [0.25, 0.3) is 5.91 Å². The topological polar surface area (TPSA) is 135 Å². The van der Waals surface area contributed by atoms with Crippen LogP contribution in [0.1, 0.15) is 44.7 Å². The third-order valence-corrected chi connectivity index (χ3v) is 7.42. The van der Waals surface area contributed by atoms with Crippen LogP contribution in [0.4, 0.5) is 4.79 Å². The van der Waals surface area contributed by atoms with Gasteiger partial charge in [-0.3, -0.25) is 4.79 Å². The van der Waals surface area contributed by atoms with Gasteiger partial charge in [0, 0.05) is 24.7 Å². The fraction of sp³-hybridized carbons (Fsp3) is 0.229. The monoisotopic (exact) mass is 610 g/mol. The van der Waals surface area contributed by atoms with Crippen LogP contribution in [0.25, 0.3) is 0 Å². The third kappa shape index (κ3) is 8.54. The van der Waals surface area contributed by atoms with E-state index in [1.807, 2.05) is 60.7 Å². The van der Waals surface area contributed by atoms with E-state index in [0.29, 0.717) is 25.2 Å². The first-order chi connectivity index (χ1) is 21.9. The molecule has 4 aromatic carbocycles. The van der Waals surface area contributed by atoms with E-state index in [1.165, 1.54) is 29.2 Å². The number of benzene rings is 4. The van der Waals surface area contributed by atoms with E-state index in [2.05, 4.69) is 5.32 Å². The van der Waals surface area contributed by atoms with Gasteiger partial charge in [-0.05, 0) is 60.4 Å². The standard InChI is InChI=1S/C35H34N2O8/c38-27-15-13-26(14-16-27)33(39)36-30-21-37(35(41)42)19-7-12-31(30)45-34(40)29-18-17-28(43-22-24-8-3-1-4-9-24)20-32(29)44-23-25-10-5-2-6-11-25/h1-6,8-11,13-18,20,30-31,38H,7,12,19,21-23H2,(H,36,39)(H,41,42)/t30-,31-/m1/s1. The van der Waals surface area contributed by atoms with Crippen LogP contribution >= 0.6 is 0 Å². The molecule has 4 aromatic rings. The smallest absolute Gasteiger partial charge is 0.407 e. The molecule has 1 saturated heterocycles. The summed E-state index contributed by atoms with van der Waals surface area (Å²) in [7, 11) is 0. The van der Waals surface area contributed by atoms with Crippen LogP contribution in [-0.4, -0.2) is 58.3 Å². The van der Waals surface area contributed by atoms with Crippen molar-refractivity contribution in [3.05, 3.63) is 125 Å². The van der Waals surface area contributed by atoms with Crippen molar-refractivity contribution >= 4 is 18.0 Å². The molecule has 2 atom stereocenters. The molecule has 0 spiro atoms. The first-order valence-electron chi connectivity index (χ1n) is 14.6. The number of phenols is 1. The number of ether oxygens (including phenoxy) is 3. The molecule has 0 bridgehead atoms. The number of aromatic hydroxyl groups is 1. The molecule has 10 nitrogen and oxygen atoms in total. The Hall–Kier alpha value is -5.51. The van der Waals surface area contributed by atoms with Crippen molar-refractivity contribution in [2.45, 2.75) is 38.2 Å². The molecule has 0 aliphatic carbocycles. The molecule has 0 unspecified atom stereocenters. The minimum Gasteiger partial charge on any atom is -0.508 e. The Morgan fingerprint density at radius 3 is 2.11 bits per heavy atom. The predicted octanol–water partition coefficient (Wildman–Crippen LogP) is 5.65. The van der Waals surface area contributed by atoms with Crippen LogP contribution < -0.4 is 14.8 Å². The largest absolute Gasteiger partial charge is 0.508 e. The van der Waals surface area contributed by atoms with Gasteiger partial charge in [-0.2, -0.15) is 0 Å². The van der Waals surface area contributed by atoms with E-state index in [9.17, 15) is 24.6 Å². The summed E-state index contributed by atoms with van der Waals surface area (Å²) in [5, 5.41) is 22.1. The molecule has 1 fully saturated rings. The Morgan fingerprint density at radius 1 is 0.822 bits per heavy atom. The lowest BCUT2D eigenvalue weighted by Crippen LogP contribution is -2.51. The maximum absolute atomic E-state index is 13.7. The lowest BCUT2D eigenvalue weighted by Gasteiger charge is -2.28. The van der Waals surface area contributed by atoms with Gasteiger partial charge >= 0.3 is 12.1 Å². The number of rotatable bonds is 10. The minimum atomic E-state index is -1.13. The second-order valence-electron chi connectivity index (χ2n) is 10.6. The zero-order valence-electron chi connectivity index (χ0n) is 24.5. The number of amides is 2. The highest BCUT2D eigenvalue weighted by Gasteiger charge is 2.34. The number of nitrogens with one attached hydrogen (secondary N) is 1. The summed E-state index contributed by atoms with van der Waals surface area (Å²) in [5.74, 6) is -0.388. The van der Waals surface area contributed by atoms with Crippen molar-refractivity contribution in [3.8, 4) is 17.2 Å². The summed E-state index contributed by atoms with van der Waals surface area (Å²) in [6.07, 6.45) is -1.19. The summed E-state index contributed by atoms with van der Waals surface area (Å²) in [5.41, 5.74) is 2.33. The molecule has 2 amide bonds. The Labute approximate surface area is 260 Å². The summed E-state index contributed by atoms with van der Waals surface area (Å²) in [4.78, 5) is 39.8. The van der Waals surface area contributed by atoms with Gasteiger partial charge in [-0.15, -0.1) is 0 Å². The summed E-state index contributed by atoms with van der Waals surface area (Å²) < 4.78 is 18.1. The van der Waals surface area contributed by atoms with Crippen molar-refractivity contribution in [1.82, 2.24) is 10.2 Å². The molecule has 0 radical (unpaired) electrons. The van der Waals surface area contributed by atoms with Crippen molar-refractivity contribution in [2.75, 3.05) is 13.1 Å². The highest BCUT2D eigenvalue weighted by molar-refractivity contribution is 5.95. The van der Waals surface area contributed by atoms with Crippen molar-refractivity contribution < 1.29 is 38.8 Å². The number of carbonyl (C=O) groups is 3. The number of esters is 1. The summed E-state index contributed by atoms with van der Waals surface area (Å²) >= 11 is 0. The normalized spacial score (nSPS) is 16.2. The average molecular weight is 611 g/mol. The Kier molecular flexibility index (Phi) is 10.2. The second-order valence-corrected chi connectivity index (χ2v) is 10.6. The van der Waals surface area contributed by atoms with Crippen LogP contribution in [0.2, 0.25) is 0 Å². The molecule has 1 aliphatic heterocycles. The molecule has 0 saturated carbocycles. The third-order valence-electron chi connectivity index (χ3n) is 7.42. The fourth-order valence-corrected chi connectivity index (χ4v) is 5.01. The van der Waals surface area contributed by atoms with Crippen molar-refractivity contribution in [3.63, 3.8) is 0 Å². The molecule has 1 aliphatic rings. The van der Waals surface area contributed by atoms with Gasteiger partial charge in [0.05, 0.1) is 6.04 Å². The summed E-state index contributed by atoms with van der Waals surface area (Å²) in [6, 6.07) is 28.9. The van der Waals surface area contributed by atoms with Crippen LogP contribution in [0.5, 0.6) is 17.2 Å². The van der Waals surface area contributed by atoms with Gasteiger partial charge in [0.15, 0.2) is 0 Å². The quantitative estimate of drug-likeness (QED) is 0.196. The first kappa shape index (κ1) is 30.9. The number of likely N-dealkylation sites (tertiary alicyclic amines) is 1. The van der Waals surface area contributed by atoms with E-state index in [4.69, 9.17) is 14.2 Å². The number of phenolic OH excluding ortho intramolecular Hbond substituents is 1. The predicted molar refractivity (Wildman–Crippen MR) is 165 cm³/mol. The number of hydrogen-bond donors (Lipinski definition) is 3. The Balaban J connectivity index is 1.36. The maximum atomic E-state index is 13.7. The zero-order valence-corrected chi connectivity index (χ0v) is 24.5. The van der Waals surface area contributed by atoms with Gasteiger partial charge in [-0.1, -0.05) is 60.7 Å². The zero-order chi connectivity index (χ0) is 31.6. The van der Waals surface area contributed by atoms with E-state index in [1.54, 1.807) is 18.2 Å². The van der Waals surface area contributed by atoms with E-state index < -0.39 is 30.1 Å². The molecule has 0 aromatic heterocycles. The first-order valence-corrected chi connectivity index (χ1v) is 14.6. The Bertz CT molecular complexity index is 1600. The van der Waals surface area contributed by atoms with Crippen molar-refractivity contribution in [1.29, 1.82) is 0 Å². The van der Waals surface area contributed by atoms with Crippen molar-refractivity contribution in [2.24, 2.45) is 0 Å². The van der Waals surface area contributed by atoms with Gasteiger partial charge in [-0.25, -0.2) is 9.59 Å². The molecule has 10 heteroatoms. The molecular formula is C35H34N2O8. The fourth-order valence-electron chi connectivity index (χ4n) is 5.01. The van der Waals surface area contributed by atoms with Crippen LogP contribution in [0.3, 0.4) is 0 Å². The minimum absolute atomic E-state index is 0.00615. The van der Waals surface area contributed by atoms with E-state index in [0.717, 1.165) is 11.1 Å².